The van der Waals surface area contributed by atoms with Crippen LogP contribution >= 0.6 is 0 Å². The molecule has 0 spiro atoms. The van der Waals surface area contributed by atoms with Crippen molar-refractivity contribution < 1.29 is 9.53 Å². The number of rotatable bonds is 4. The van der Waals surface area contributed by atoms with E-state index in [2.05, 4.69) is 35.3 Å². The highest BCUT2D eigenvalue weighted by Crippen LogP contribution is 2.28. The summed E-state index contributed by atoms with van der Waals surface area (Å²) in [6.07, 6.45) is 0. The Balaban J connectivity index is 2.33. The first kappa shape index (κ1) is 15.9. The van der Waals surface area contributed by atoms with Gasteiger partial charge in [0.05, 0.1) is 19.3 Å². The van der Waals surface area contributed by atoms with Gasteiger partial charge < -0.3 is 15.8 Å². The van der Waals surface area contributed by atoms with E-state index in [4.69, 9.17) is 10.5 Å². The summed E-state index contributed by atoms with van der Waals surface area (Å²) in [4.78, 5) is 14.3. The standard InChI is InChI=1S/C16H25N3O2/c1-11-5-4-6-13(9-11)15(12(2)17)19-7-8-21-10-14(19)16(20)18-3/h4-6,9,12,14-15H,7-8,10,17H2,1-3H3,(H,18,20). The summed E-state index contributed by atoms with van der Waals surface area (Å²) in [5, 5.41) is 2.72. The van der Waals surface area contributed by atoms with Gasteiger partial charge >= 0.3 is 0 Å². The normalized spacial score (nSPS) is 22.6. The molecular formula is C16H25N3O2. The van der Waals surface area contributed by atoms with Crippen molar-refractivity contribution in [3.05, 3.63) is 35.4 Å². The average Bonchev–Trinajstić information content (AvgIpc) is 2.47. The third-order valence-electron chi connectivity index (χ3n) is 3.96. The number of likely N-dealkylation sites (N-methyl/N-ethyl adjacent to an activating group) is 1. The number of nitrogens with zero attached hydrogens (tertiary/aromatic N) is 1. The van der Waals surface area contributed by atoms with Crippen LogP contribution in [0.5, 0.6) is 0 Å². The molecule has 0 saturated carbocycles. The molecule has 1 amide bonds. The van der Waals surface area contributed by atoms with E-state index in [9.17, 15) is 4.79 Å². The van der Waals surface area contributed by atoms with Gasteiger partial charge in [-0.15, -0.1) is 0 Å². The van der Waals surface area contributed by atoms with Gasteiger partial charge in [-0.1, -0.05) is 29.8 Å². The number of ether oxygens (including phenoxy) is 1. The zero-order valence-electron chi connectivity index (χ0n) is 13.0. The Hall–Kier alpha value is -1.43. The second kappa shape index (κ2) is 7.02. The minimum absolute atomic E-state index is 0.0103. The number of amides is 1. The summed E-state index contributed by atoms with van der Waals surface area (Å²) in [5.74, 6) is -0.0204. The van der Waals surface area contributed by atoms with E-state index < -0.39 is 0 Å². The van der Waals surface area contributed by atoms with E-state index in [1.807, 2.05) is 13.0 Å². The lowest BCUT2D eigenvalue weighted by molar-refractivity contribution is -0.134. The zero-order valence-corrected chi connectivity index (χ0v) is 13.0. The maximum atomic E-state index is 12.1. The SMILES string of the molecule is CNC(=O)C1COCCN1C(c1cccc(C)c1)C(C)N. The van der Waals surface area contributed by atoms with Crippen molar-refractivity contribution in [1.29, 1.82) is 0 Å². The van der Waals surface area contributed by atoms with Crippen LogP contribution < -0.4 is 11.1 Å². The zero-order chi connectivity index (χ0) is 15.4. The van der Waals surface area contributed by atoms with Crippen LogP contribution in [0.15, 0.2) is 24.3 Å². The van der Waals surface area contributed by atoms with E-state index in [1.54, 1.807) is 7.05 Å². The molecule has 1 aromatic rings. The maximum absolute atomic E-state index is 12.1. The lowest BCUT2D eigenvalue weighted by Crippen LogP contribution is -2.56. The smallest absolute Gasteiger partial charge is 0.239 e. The molecule has 1 aliphatic rings. The first-order valence-electron chi connectivity index (χ1n) is 7.42. The molecule has 0 radical (unpaired) electrons. The fourth-order valence-corrected chi connectivity index (χ4v) is 2.99. The van der Waals surface area contributed by atoms with E-state index in [-0.39, 0.29) is 24.0 Å². The van der Waals surface area contributed by atoms with E-state index in [0.29, 0.717) is 19.8 Å². The molecule has 1 aliphatic heterocycles. The van der Waals surface area contributed by atoms with Crippen molar-refractivity contribution >= 4 is 5.91 Å². The molecule has 21 heavy (non-hydrogen) atoms. The van der Waals surface area contributed by atoms with Gasteiger partial charge in [0, 0.05) is 19.6 Å². The number of benzene rings is 1. The van der Waals surface area contributed by atoms with Gasteiger partial charge in [-0.2, -0.15) is 0 Å². The van der Waals surface area contributed by atoms with Gasteiger partial charge in [-0.05, 0) is 19.4 Å². The third kappa shape index (κ3) is 3.61. The minimum atomic E-state index is -0.291. The molecule has 3 atom stereocenters. The number of aryl methyl sites for hydroxylation is 1. The van der Waals surface area contributed by atoms with Gasteiger partial charge in [0.15, 0.2) is 0 Å². The first-order chi connectivity index (χ1) is 10.0. The molecule has 0 aromatic heterocycles. The number of morpholine rings is 1. The highest BCUT2D eigenvalue weighted by atomic mass is 16.5. The van der Waals surface area contributed by atoms with Crippen molar-refractivity contribution in [2.24, 2.45) is 5.73 Å². The Bertz CT molecular complexity index is 490. The average molecular weight is 291 g/mol. The van der Waals surface area contributed by atoms with Crippen LogP contribution in [0, 0.1) is 6.92 Å². The number of carbonyl (C=O) groups is 1. The molecule has 1 fully saturated rings. The molecule has 5 nitrogen and oxygen atoms in total. The van der Waals surface area contributed by atoms with Crippen molar-refractivity contribution in [2.75, 3.05) is 26.8 Å². The van der Waals surface area contributed by atoms with Gasteiger partial charge in [-0.3, -0.25) is 9.69 Å². The summed E-state index contributed by atoms with van der Waals surface area (Å²) >= 11 is 0. The van der Waals surface area contributed by atoms with Crippen LogP contribution in [-0.4, -0.2) is 49.7 Å². The molecule has 2 rings (SSSR count). The van der Waals surface area contributed by atoms with E-state index in [1.165, 1.54) is 5.56 Å². The first-order valence-corrected chi connectivity index (χ1v) is 7.42. The van der Waals surface area contributed by atoms with E-state index >= 15 is 0 Å². The summed E-state index contributed by atoms with van der Waals surface area (Å²) in [7, 11) is 1.66. The molecule has 1 saturated heterocycles. The maximum Gasteiger partial charge on any atom is 0.239 e. The Morgan fingerprint density at radius 3 is 2.90 bits per heavy atom. The lowest BCUT2D eigenvalue weighted by Gasteiger charge is -2.41. The van der Waals surface area contributed by atoms with Crippen molar-refractivity contribution in [1.82, 2.24) is 10.2 Å². The highest BCUT2D eigenvalue weighted by molar-refractivity contribution is 5.81. The van der Waals surface area contributed by atoms with Crippen LogP contribution in [0.4, 0.5) is 0 Å². The van der Waals surface area contributed by atoms with E-state index in [0.717, 1.165) is 5.56 Å². The highest BCUT2D eigenvalue weighted by Gasteiger charge is 2.36. The van der Waals surface area contributed by atoms with Crippen LogP contribution in [0.1, 0.15) is 24.1 Å². The Labute approximate surface area is 126 Å². The predicted octanol–water partition coefficient (Wildman–Crippen LogP) is 0.830. The van der Waals surface area contributed by atoms with Gasteiger partial charge in [-0.25, -0.2) is 0 Å². The molecular weight excluding hydrogens is 266 g/mol. The fourth-order valence-electron chi connectivity index (χ4n) is 2.99. The minimum Gasteiger partial charge on any atom is -0.378 e. The second-order valence-electron chi connectivity index (χ2n) is 5.66. The topological polar surface area (TPSA) is 67.6 Å². The molecule has 116 valence electrons. The molecule has 5 heteroatoms. The quantitative estimate of drug-likeness (QED) is 0.862. The van der Waals surface area contributed by atoms with Crippen LogP contribution in [0.25, 0.3) is 0 Å². The summed E-state index contributed by atoms with van der Waals surface area (Å²) in [6, 6.07) is 7.97. The summed E-state index contributed by atoms with van der Waals surface area (Å²) in [6.45, 7) is 5.80. The molecule has 3 unspecified atom stereocenters. The summed E-state index contributed by atoms with van der Waals surface area (Å²) < 4.78 is 5.48. The van der Waals surface area contributed by atoms with Gasteiger partial charge in [0.2, 0.25) is 5.91 Å². The molecule has 3 N–H and O–H groups in total. The van der Waals surface area contributed by atoms with Crippen molar-refractivity contribution in [3.63, 3.8) is 0 Å². The second-order valence-corrected chi connectivity index (χ2v) is 5.66. The monoisotopic (exact) mass is 291 g/mol. The predicted molar refractivity (Wildman–Crippen MR) is 82.9 cm³/mol. The Kier molecular flexibility index (Phi) is 5.33. The fraction of sp³-hybridized carbons (Fsp3) is 0.562. The van der Waals surface area contributed by atoms with Crippen LogP contribution in [0.3, 0.4) is 0 Å². The number of nitrogens with two attached hydrogens (primary N) is 1. The molecule has 0 aliphatic carbocycles. The molecule has 1 heterocycles. The number of nitrogens with one attached hydrogen (secondary N) is 1. The van der Waals surface area contributed by atoms with Crippen molar-refractivity contribution in [3.8, 4) is 0 Å². The Morgan fingerprint density at radius 2 is 2.29 bits per heavy atom. The van der Waals surface area contributed by atoms with Crippen LogP contribution in [-0.2, 0) is 9.53 Å². The lowest BCUT2D eigenvalue weighted by atomic mass is 9.95. The van der Waals surface area contributed by atoms with Gasteiger partial charge in [0.1, 0.15) is 6.04 Å². The van der Waals surface area contributed by atoms with Crippen LogP contribution in [0.2, 0.25) is 0 Å². The Morgan fingerprint density at radius 1 is 1.52 bits per heavy atom. The molecule has 0 bridgehead atoms. The number of hydrogen-bond acceptors (Lipinski definition) is 4. The molecule has 1 aromatic carbocycles. The van der Waals surface area contributed by atoms with Gasteiger partial charge in [0.25, 0.3) is 0 Å². The largest absolute Gasteiger partial charge is 0.378 e. The third-order valence-corrected chi connectivity index (χ3v) is 3.96. The number of hydrogen-bond donors (Lipinski definition) is 2. The summed E-state index contributed by atoms with van der Waals surface area (Å²) in [5.41, 5.74) is 8.59. The van der Waals surface area contributed by atoms with Crippen molar-refractivity contribution in [2.45, 2.75) is 32.0 Å². The number of carbonyl (C=O) groups excluding carboxylic acids is 1.